The number of hydrogen-bond acceptors (Lipinski definition) is 1. The van der Waals surface area contributed by atoms with E-state index in [1.54, 1.807) is 6.07 Å². The maximum atomic E-state index is 14.2. The van der Waals surface area contributed by atoms with Gasteiger partial charge in [0.25, 0.3) is 0 Å². The van der Waals surface area contributed by atoms with Gasteiger partial charge < -0.3 is 5.32 Å². The first kappa shape index (κ1) is 16.2. The second-order valence-corrected chi connectivity index (χ2v) is 6.19. The molecule has 0 aromatic heterocycles. The zero-order chi connectivity index (χ0) is 15.2. The molecule has 0 radical (unpaired) electrons. The van der Waals surface area contributed by atoms with Gasteiger partial charge in [0.1, 0.15) is 5.82 Å². The minimum atomic E-state index is -0.161. The van der Waals surface area contributed by atoms with E-state index in [0.717, 1.165) is 23.9 Å². The van der Waals surface area contributed by atoms with Crippen LogP contribution in [0.3, 0.4) is 0 Å². The van der Waals surface area contributed by atoms with Gasteiger partial charge in [-0.1, -0.05) is 58.7 Å². The molecule has 21 heavy (non-hydrogen) atoms. The van der Waals surface area contributed by atoms with E-state index in [2.05, 4.69) is 59.4 Å². The van der Waals surface area contributed by atoms with Gasteiger partial charge in [-0.2, -0.15) is 0 Å². The molecule has 0 amide bonds. The summed E-state index contributed by atoms with van der Waals surface area (Å²) in [5.41, 5.74) is 3.17. The average Bonchev–Trinajstić information content (AvgIpc) is 2.44. The van der Waals surface area contributed by atoms with Crippen molar-refractivity contribution in [2.75, 3.05) is 6.54 Å². The summed E-state index contributed by atoms with van der Waals surface area (Å²) in [4.78, 5) is 0. The second kappa shape index (κ2) is 7.71. The van der Waals surface area contributed by atoms with Crippen LogP contribution in [0.25, 0.3) is 0 Å². The van der Waals surface area contributed by atoms with Crippen molar-refractivity contribution in [3.05, 3.63) is 69.4 Å². The van der Waals surface area contributed by atoms with Crippen molar-refractivity contribution in [2.24, 2.45) is 0 Å². The number of rotatable bonds is 6. The van der Waals surface area contributed by atoms with Crippen LogP contribution < -0.4 is 5.32 Å². The van der Waals surface area contributed by atoms with Gasteiger partial charge in [-0.25, -0.2) is 4.39 Å². The summed E-state index contributed by atoms with van der Waals surface area (Å²) in [5.74, 6) is -0.161. The third kappa shape index (κ3) is 4.39. The lowest BCUT2D eigenvalue weighted by atomic mass is 9.97. The summed E-state index contributed by atoms with van der Waals surface area (Å²) in [6.07, 6.45) is 1.80. The standard InChI is InChI=1S/C18H21BrFN/c1-3-10-21-17(12-14-7-4-6-13(2)11-14)18-15(19)8-5-9-16(18)20/h4-9,11,17,21H,3,10,12H2,1-2H3. The van der Waals surface area contributed by atoms with E-state index in [0.29, 0.717) is 5.56 Å². The first-order valence-electron chi connectivity index (χ1n) is 7.34. The molecular formula is C18H21BrFN. The fraction of sp³-hybridized carbons (Fsp3) is 0.333. The fourth-order valence-corrected chi connectivity index (χ4v) is 3.13. The third-order valence-corrected chi connectivity index (χ3v) is 4.20. The Morgan fingerprint density at radius 2 is 1.95 bits per heavy atom. The first-order chi connectivity index (χ1) is 10.1. The highest BCUT2D eigenvalue weighted by molar-refractivity contribution is 9.10. The van der Waals surface area contributed by atoms with E-state index in [4.69, 9.17) is 0 Å². The molecule has 1 nitrogen and oxygen atoms in total. The monoisotopic (exact) mass is 349 g/mol. The molecule has 2 rings (SSSR count). The highest BCUT2D eigenvalue weighted by Crippen LogP contribution is 2.29. The molecule has 1 atom stereocenters. The van der Waals surface area contributed by atoms with Crippen LogP contribution >= 0.6 is 15.9 Å². The second-order valence-electron chi connectivity index (χ2n) is 5.34. The Morgan fingerprint density at radius 3 is 2.62 bits per heavy atom. The van der Waals surface area contributed by atoms with Crippen molar-refractivity contribution in [3.63, 3.8) is 0 Å². The van der Waals surface area contributed by atoms with Gasteiger partial charge in [0.05, 0.1) is 0 Å². The minimum absolute atomic E-state index is 0.0256. The summed E-state index contributed by atoms with van der Waals surface area (Å²) < 4.78 is 15.1. The third-order valence-electron chi connectivity index (χ3n) is 3.51. The van der Waals surface area contributed by atoms with Gasteiger partial charge in [-0.3, -0.25) is 0 Å². The van der Waals surface area contributed by atoms with Crippen molar-refractivity contribution in [2.45, 2.75) is 32.7 Å². The van der Waals surface area contributed by atoms with Gasteiger partial charge in [-0.15, -0.1) is 0 Å². The number of nitrogens with one attached hydrogen (secondary N) is 1. The maximum Gasteiger partial charge on any atom is 0.129 e. The van der Waals surface area contributed by atoms with Gasteiger partial charge >= 0.3 is 0 Å². The Labute approximate surface area is 134 Å². The van der Waals surface area contributed by atoms with Crippen LogP contribution in [0.2, 0.25) is 0 Å². The van der Waals surface area contributed by atoms with Gasteiger partial charge in [0, 0.05) is 16.1 Å². The summed E-state index contributed by atoms with van der Waals surface area (Å²) in [5, 5.41) is 3.47. The number of halogens is 2. The van der Waals surface area contributed by atoms with Crippen LogP contribution in [-0.4, -0.2) is 6.54 Å². The summed E-state index contributed by atoms with van der Waals surface area (Å²) in [7, 11) is 0. The average molecular weight is 350 g/mol. The molecule has 0 aliphatic rings. The topological polar surface area (TPSA) is 12.0 Å². The van der Waals surface area contributed by atoms with Gasteiger partial charge in [-0.05, 0) is 44.0 Å². The van der Waals surface area contributed by atoms with Crippen molar-refractivity contribution in [1.29, 1.82) is 0 Å². The van der Waals surface area contributed by atoms with E-state index >= 15 is 0 Å². The molecule has 0 spiro atoms. The van der Waals surface area contributed by atoms with E-state index in [-0.39, 0.29) is 11.9 Å². The van der Waals surface area contributed by atoms with Gasteiger partial charge in [0.15, 0.2) is 0 Å². The van der Waals surface area contributed by atoms with Crippen LogP contribution in [-0.2, 0) is 6.42 Å². The van der Waals surface area contributed by atoms with E-state index in [9.17, 15) is 4.39 Å². The SMILES string of the molecule is CCCNC(Cc1cccc(C)c1)c1c(F)cccc1Br. The maximum absolute atomic E-state index is 14.2. The van der Waals surface area contributed by atoms with Crippen molar-refractivity contribution in [1.82, 2.24) is 5.32 Å². The van der Waals surface area contributed by atoms with Crippen molar-refractivity contribution in [3.8, 4) is 0 Å². The van der Waals surface area contributed by atoms with E-state index in [1.165, 1.54) is 17.2 Å². The summed E-state index contributed by atoms with van der Waals surface area (Å²) >= 11 is 3.49. The summed E-state index contributed by atoms with van der Waals surface area (Å²) in [6, 6.07) is 13.5. The number of benzene rings is 2. The molecule has 0 aliphatic carbocycles. The first-order valence-corrected chi connectivity index (χ1v) is 8.14. The predicted molar refractivity (Wildman–Crippen MR) is 90.0 cm³/mol. The smallest absolute Gasteiger partial charge is 0.129 e. The van der Waals surface area contributed by atoms with Crippen LogP contribution in [0.1, 0.15) is 36.1 Å². The molecular weight excluding hydrogens is 329 g/mol. The zero-order valence-corrected chi connectivity index (χ0v) is 14.1. The van der Waals surface area contributed by atoms with Crippen LogP contribution in [0, 0.1) is 12.7 Å². The molecule has 2 aromatic rings. The molecule has 0 saturated carbocycles. The lowest BCUT2D eigenvalue weighted by Crippen LogP contribution is -2.25. The zero-order valence-electron chi connectivity index (χ0n) is 12.5. The molecule has 0 bridgehead atoms. The lowest BCUT2D eigenvalue weighted by Gasteiger charge is -2.21. The molecule has 0 aliphatic heterocycles. The number of hydrogen-bond donors (Lipinski definition) is 1. The fourth-order valence-electron chi connectivity index (χ4n) is 2.51. The number of aryl methyl sites for hydroxylation is 1. The van der Waals surface area contributed by atoms with E-state index < -0.39 is 0 Å². The predicted octanol–water partition coefficient (Wildman–Crippen LogP) is 5.18. The normalized spacial score (nSPS) is 12.4. The largest absolute Gasteiger partial charge is 0.310 e. The summed E-state index contributed by atoms with van der Waals surface area (Å²) in [6.45, 7) is 5.07. The molecule has 2 aromatic carbocycles. The molecule has 0 heterocycles. The molecule has 1 N–H and O–H groups in total. The Morgan fingerprint density at radius 1 is 1.19 bits per heavy atom. The molecule has 0 saturated heterocycles. The minimum Gasteiger partial charge on any atom is -0.310 e. The molecule has 3 heteroatoms. The quantitative estimate of drug-likeness (QED) is 0.757. The van der Waals surface area contributed by atoms with Crippen LogP contribution in [0.15, 0.2) is 46.9 Å². The van der Waals surface area contributed by atoms with Crippen LogP contribution in [0.4, 0.5) is 4.39 Å². The van der Waals surface area contributed by atoms with Gasteiger partial charge in [0.2, 0.25) is 0 Å². The highest BCUT2D eigenvalue weighted by atomic mass is 79.9. The molecule has 112 valence electrons. The van der Waals surface area contributed by atoms with Crippen LogP contribution in [0.5, 0.6) is 0 Å². The Kier molecular flexibility index (Phi) is 5.95. The Balaban J connectivity index is 2.30. The highest BCUT2D eigenvalue weighted by Gasteiger charge is 2.18. The Bertz CT molecular complexity index is 577. The molecule has 1 unspecified atom stereocenters. The van der Waals surface area contributed by atoms with Crippen molar-refractivity contribution >= 4 is 15.9 Å². The van der Waals surface area contributed by atoms with E-state index in [1.807, 2.05) is 6.07 Å². The lowest BCUT2D eigenvalue weighted by molar-refractivity contribution is 0.495. The Hall–Kier alpha value is -1.19. The van der Waals surface area contributed by atoms with Crippen molar-refractivity contribution < 1.29 is 4.39 Å². The molecule has 0 fully saturated rings.